The Morgan fingerprint density at radius 1 is 1.20 bits per heavy atom. The molecule has 7 heteroatoms. The van der Waals surface area contributed by atoms with Crippen molar-refractivity contribution in [3.8, 4) is 0 Å². The standard InChI is InChI=1S/C18H16FN3O2S/c1-11(23)20-15(12-5-3-2-4-6-12)10-17(24)22-18-21-14-8-7-13(19)9-16(14)25-18/h2-9,15H,10H2,1H3,(H,20,23)(H,21,22,24). The van der Waals surface area contributed by atoms with E-state index in [1.54, 1.807) is 6.07 Å². The number of carbonyl (C=O) groups excluding carboxylic acids is 2. The van der Waals surface area contributed by atoms with Crippen LogP contribution < -0.4 is 10.6 Å². The van der Waals surface area contributed by atoms with Crippen LogP contribution in [0.2, 0.25) is 0 Å². The zero-order chi connectivity index (χ0) is 17.8. The lowest BCUT2D eigenvalue weighted by Gasteiger charge is -2.17. The van der Waals surface area contributed by atoms with E-state index < -0.39 is 6.04 Å². The highest BCUT2D eigenvalue weighted by molar-refractivity contribution is 7.22. The second-order valence-electron chi connectivity index (χ2n) is 5.55. The van der Waals surface area contributed by atoms with Crippen LogP contribution in [0.15, 0.2) is 48.5 Å². The highest BCUT2D eigenvalue weighted by atomic mass is 32.1. The number of hydrogen-bond donors (Lipinski definition) is 2. The summed E-state index contributed by atoms with van der Waals surface area (Å²) in [6.45, 7) is 1.41. The fourth-order valence-corrected chi connectivity index (χ4v) is 3.40. The van der Waals surface area contributed by atoms with Crippen LogP contribution in [-0.4, -0.2) is 16.8 Å². The van der Waals surface area contributed by atoms with E-state index in [1.807, 2.05) is 30.3 Å². The average Bonchev–Trinajstić information content (AvgIpc) is 2.95. The maximum Gasteiger partial charge on any atom is 0.228 e. The maximum absolute atomic E-state index is 13.2. The molecule has 0 aliphatic heterocycles. The quantitative estimate of drug-likeness (QED) is 0.732. The summed E-state index contributed by atoms with van der Waals surface area (Å²) >= 11 is 1.21. The molecule has 1 atom stereocenters. The molecule has 2 aromatic carbocycles. The molecule has 0 radical (unpaired) electrons. The first-order valence-electron chi connectivity index (χ1n) is 7.69. The van der Waals surface area contributed by atoms with Crippen LogP contribution in [0.4, 0.5) is 9.52 Å². The van der Waals surface area contributed by atoms with E-state index in [9.17, 15) is 14.0 Å². The van der Waals surface area contributed by atoms with Crippen LogP contribution in [0.25, 0.3) is 10.2 Å². The molecule has 128 valence electrons. The summed E-state index contributed by atoms with van der Waals surface area (Å²) in [4.78, 5) is 28.0. The van der Waals surface area contributed by atoms with Crippen molar-refractivity contribution >= 4 is 38.5 Å². The van der Waals surface area contributed by atoms with Gasteiger partial charge in [-0.1, -0.05) is 41.7 Å². The van der Waals surface area contributed by atoms with Gasteiger partial charge in [0.1, 0.15) is 5.82 Å². The van der Waals surface area contributed by atoms with Crippen LogP contribution in [-0.2, 0) is 9.59 Å². The molecule has 2 N–H and O–H groups in total. The molecule has 25 heavy (non-hydrogen) atoms. The lowest BCUT2D eigenvalue weighted by atomic mass is 10.0. The minimum atomic E-state index is -0.425. The van der Waals surface area contributed by atoms with Crippen LogP contribution in [0.1, 0.15) is 24.9 Å². The molecule has 2 amide bonds. The first-order valence-corrected chi connectivity index (χ1v) is 8.51. The van der Waals surface area contributed by atoms with E-state index in [-0.39, 0.29) is 24.1 Å². The number of halogens is 1. The van der Waals surface area contributed by atoms with E-state index in [4.69, 9.17) is 0 Å². The molecule has 5 nitrogen and oxygen atoms in total. The molecular weight excluding hydrogens is 341 g/mol. The van der Waals surface area contributed by atoms with E-state index in [2.05, 4.69) is 15.6 Å². The number of anilines is 1. The van der Waals surface area contributed by atoms with Gasteiger partial charge in [-0.15, -0.1) is 0 Å². The van der Waals surface area contributed by atoms with Gasteiger partial charge in [-0.3, -0.25) is 9.59 Å². The number of benzene rings is 2. The number of nitrogens with zero attached hydrogens (tertiary/aromatic N) is 1. The summed E-state index contributed by atoms with van der Waals surface area (Å²) in [6, 6.07) is 13.1. The number of fused-ring (bicyclic) bond motifs is 1. The summed E-state index contributed by atoms with van der Waals surface area (Å²) in [7, 11) is 0. The van der Waals surface area contributed by atoms with Gasteiger partial charge in [-0.2, -0.15) is 0 Å². The third-order valence-corrected chi connectivity index (χ3v) is 4.50. The zero-order valence-corrected chi connectivity index (χ0v) is 14.3. The van der Waals surface area contributed by atoms with Crippen LogP contribution in [0.5, 0.6) is 0 Å². The highest BCUT2D eigenvalue weighted by Crippen LogP contribution is 2.27. The van der Waals surface area contributed by atoms with Crippen LogP contribution in [0.3, 0.4) is 0 Å². The van der Waals surface area contributed by atoms with E-state index >= 15 is 0 Å². The normalized spacial score (nSPS) is 11.9. The smallest absolute Gasteiger partial charge is 0.228 e. The first kappa shape index (κ1) is 17.0. The van der Waals surface area contributed by atoms with Crippen molar-refractivity contribution in [3.05, 3.63) is 59.9 Å². The monoisotopic (exact) mass is 357 g/mol. The minimum Gasteiger partial charge on any atom is -0.349 e. The van der Waals surface area contributed by atoms with Gasteiger partial charge in [0.25, 0.3) is 0 Å². The van der Waals surface area contributed by atoms with Gasteiger partial charge in [0, 0.05) is 6.92 Å². The Kier molecular flexibility index (Phi) is 5.04. The number of thiazole rings is 1. The number of aromatic nitrogens is 1. The van der Waals surface area contributed by atoms with Crippen molar-refractivity contribution in [1.82, 2.24) is 10.3 Å². The molecule has 1 aromatic heterocycles. The first-order chi connectivity index (χ1) is 12.0. The van der Waals surface area contributed by atoms with E-state index in [1.165, 1.54) is 30.4 Å². The lowest BCUT2D eigenvalue weighted by molar-refractivity contribution is -0.120. The van der Waals surface area contributed by atoms with Gasteiger partial charge in [-0.05, 0) is 23.8 Å². The SMILES string of the molecule is CC(=O)NC(CC(=O)Nc1nc2ccc(F)cc2s1)c1ccccc1. The molecule has 0 spiro atoms. The van der Waals surface area contributed by atoms with Crippen LogP contribution in [0, 0.1) is 5.82 Å². The molecule has 0 saturated heterocycles. The van der Waals surface area contributed by atoms with Crippen molar-refractivity contribution in [3.63, 3.8) is 0 Å². The molecule has 0 bridgehead atoms. The minimum absolute atomic E-state index is 0.0773. The molecule has 1 unspecified atom stereocenters. The molecule has 3 aromatic rings. The third-order valence-electron chi connectivity index (χ3n) is 3.57. The van der Waals surface area contributed by atoms with Crippen molar-refractivity contribution in [2.24, 2.45) is 0 Å². The maximum atomic E-state index is 13.2. The van der Waals surface area contributed by atoms with Gasteiger partial charge in [0.15, 0.2) is 5.13 Å². The molecule has 1 heterocycles. The average molecular weight is 357 g/mol. The fourth-order valence-electron chi connectivity index (χ4n) is 2.49. The molecular formula is C18H16FN3O2S. The van der Waals surface area contributed by atoms with Crippen molar-refractivity contribution in [1.29, 1.82) is 0 Å². The number of hydrogen-bond acceptors (Lipinski definition) is 4. The third kappa shape index (κ3) is 4.39. The lowest BCUT2D eigenvalue weighted by Crippen LogP contribution is -2.29. The molecule has 0 aliphatic rings. The number of amides is 2. The van der Waals surface area contributed by atoms with Crippen LogP contribution >= 0.6 is 11.3 Å². The van der Waals surface area contributed by atoms with Gasteiger partial charge in [0.2, 0.25) is 11.8 Å². The summed E-state index contributed by atoms with van der Waals surface area (Å²) in [5.41, 5.74) is 1.47. The Hall–Kier alpha value is -2.80. The van der Waals surface area contributed by atoms with Gasteiger partial charge in [0.05, 0.1) is 22.7 Å². The van der Waals surface area contributed by atoms with Crippen molar-refractivity contribution in [2.45, 2.75) is 19.4 Å². The Bertz CT molecular complexity index is 911. The van der Waals surface area contributed by atoms with Gasteiger partial charge < -0.3 is 10.6 Å². The number of rotatable bonds is 5. The van der Waals surface area contributed by atoms with E-state index in [0.717, 1.165) is 5.56 Å². The predicted octanol–water partition coefficient (Wildman–Crippen LogP) is 3.64. The Morgan fingerprint density at radius 3 is 2.68 bits per heavy atom. The zero-order valence-electron chi connectivity index (χ0n) is 13.5. The largest absolute Gasteiger partial charge is 0.349 e. The Balaban J connectivity index is 1.73. The molecule has 0 fully saturated rings. The topological polar surface area (TPSA) is 71.1 Å². The van der Waals surface area contributed by atoms with Gasteiger partial charge in [-0.25, -0.2) is 9.37 Å². The summed E-state index contributed by atoms with van der Waals surface area (Å²) < 4.78 is 13.9. The highest BCUT2D eigenvalue weighted by Gasteiger charge is 2.18. The number of carbonyl (C=O) groups is 2. The summed E-state index contributed by atoms with van der Waals surface area (Å²) in [6.07, 6.45) is 0.0773. The second kappa shape index (κ2) is 7.40. The van der Waals surface area contributed by atoms with Gasteiger partial charge >= 0.3 is 0 Å². The summed E-state index contributed by atoms with van der Waals surface area (Å²) in [5, 5.41) is 5.90. The fraction of sp³-hybridized carbons (Fsp3) is 0.167. The molecule has 0 aliphatic carbocycles. The number of nitrogens with one attached hydrogen (secondary N) is 2. The second-order valence-corrected chi connectivity index (χ2v) is 6.58. The van der Waals surface area contributed by atoms with E-state index in [0.29, 0.717) is 15.3 Å². The van der Waals surface area contributed by atoms with Crippen molar-refractivity contribution in [2.75, 3.05) is 5.32 Å². The predicted molar refractivity (Wildman–Crippen MR) is 95.8 cm³/mol. The molecule has 0 saturated carbocycles. The Labute approximate surface area is 147 Å². The Morgan fingerprint density at radius 2 is 1.96 bits per heavy atom. The summed E-state index contributed by atoms with van der Waals surface area (Å²) in [5.74, 6) is -0.830. The molecule has 3 rings (SSSR count). The van der Waals surface area contributed by atoms with Crippen molar-refractivity contribution < 1.29 is 14.0 Å².